The van der Waals surface area contributed by atoms with Gasteiger partial charge in [-0.05, 0) is 6.92 Å². The number of H-pyrrole nitrogens is 1. The molecule has 0 saturated carbocycles. The molecule has 1 atom stereocenters. The summed E-state index contributed by atoms with van der Waals surface area (Å²) in [5, 5.41) is 17.2. The number of hydrogen-bond acceptors (Lipinski definition) is 6. The Bertz CT molecular complexity index is 389. The molecule has 1 aromatic heterocycles. The highest BCUT2D eigenvalue weighted by Crippen LogP contribution is 1.93. The Balaban J connectivity index is 2.66. The summed E-state index contributed by atoms with van der Waals surface area (Å²) in [5.41, 5.74) is 0. The van der Waals surface area contributed by atoms with E-state index in [1.54, 1.807) is 6.92 Å². The third kappa shape index (κ3) is 2.76. The van der Waals surface area contributed by atoms with Crippen molar-refractivity contribution < 1.29 is 19.4 Å². The summed E-state index contributed by atoms with van der Waals surface area (Å²) in [6.45, 7) is 1.08. The van der Waals surface area contributed by atoms with Gasteiger partial charge in [-0.25, -0.2) is 9.78 Å². The molecule has 8 heteroatoms. The molecule has 0 aliphatic carbocycles. The molecule has 8 nitrogen and oxygen atoms in total. The normalized spacial score (nSPS) is 11.9. The zero-order valence-corrected chi connectivity index (χ0v) is 8.85. The minimum Gasteiger partial charge on any atom is -0.467 e. The molecular formula is C8H12N4O4. The quantitative estimate of drug-likeness (QED) is 0.533. The molecule has 1 unspecified atom stereocenters. The maximum absolute atomic E-state index is 11.5. The lowest BCUT2D eigenvalue weighted by Gasteiger charge is -2.11. The van der Waals surface area contributed by atoms with Crippen molar-refractivity contribution in [2.24, 2.45) is 0 Å². The smallest absolute Gasteiger partial charge is 0.330 e. The van der Waals surface area contributed by atoms with Gasteiger partial charge in [-0.2, -0.15) is 0 Å². The number of hydrogen-bond donors (Lipinski definition) is 3. The van der Waals surface area contributed by atoms with Crippen molar-refractivity contribution in [3.05, 3.63) is 11.6 Å². The number of rotatable bonds is 4. The predicted octanol–water partition coefficient (Wildman–Crippen LogP) is -1.62. The number of carbonyl (C=O) groups excluding carboxylic acids is 2. The average molecular weight is 228 g/mol. The van der Waals surface area contributed by atoms with Crippen molar-refractivity contribution in [2.45, 2.75) is 13.0 Å². The second-order valence-electron chi connectivity index (χ2n) is 2.98. The van der Waals surface area contributed by atoms with Crippen LogP contribution in [0.3, 0.4) is 0 Å². The average Bonchev–Trinajstić information content (AvgIpc) is 2.71. The number of aromatic nitrogens is 3. The monoisotopic (exact) mass is 228 g/mol. The molecule has 0 aromatic carbocycles. The van der Waals surface area contributed by atoms with E-state index in [-0.39, 0.29) is 5.82 Å². The predicted molar refractivity (Wildman–Crippen MR) is 51.5 cm³/mol. The first-order valence-electron chi connectivity index (χ1n) is 4.47. The van der Waals surface area contributed by atoms with E-state index in [0.717, 1.165) is 7.11 Å². The van der Waals surface area contributed by atoms with Crippen LogP contribution in [0.1, 0.15) is 16.4 Å². The van der Waals surface area contributed by atoms with Crippen LogP contribution in [-0.2, 0) is 9.53 Å². The summed E-state index contributed by atoms with van der Waals surface area (Å²) in [6, 6.07) is -1.11. The largest absolute Gasteiger partial charge is 0.467 e. The van der Waals surface area contributed by atoms with Crippen molar-refractivity contribution in [1.29, 1.82) is 0 Å². The maximum Gasteiger partial charge on any atom is 0.330 e. The molecule has 0 radical (unpaired) electrons. The number of aliphatic hydroxyl groups excluding tert-OH is 1. The summed E-state index contributed by atoms with van der Waals surface area (Å²) in [4.78, 5) is 26.3. The number of esters is 1. The van der Waals surface area contributed by atoms with Gasteiger partial charge in [0.25, 0.3) is 5.91 Å². The fourth-order valence-corrected chi connectivity index (χ4v) is 0.988. The SMILES string of the molecule is COC(=O)C(CO)NC(=O)c1n[nH]c(C)n1. The van der Waals surface area contributed by atoms with Gasteiger partial charge < -0.3 is 15.2 Å². The van der Waals surface area contributed by atoms with Gasteiger partial charge in [0, 0.05) is 0 Å². The fourth-order valence-electron chi connectivity index (χ4n) is 0.988. The van der Waals surface area contributed by atoms with E-state index >= 15 is 0 Å². The van der Waals surface area contributed by atoms with Gasteiger partial charge in [-0.1, -0.05) is 0 Å². The Morgan fingerprint density at radius 1 is 1.62 bits per heavy atom. The van der Waals surface area contributed by atoms with E-state index in [9.17, 15) is 9.59 Å². The maximum atomic E-state index is 11.5. The third-order valence-corrected chi connectivity index (χ3v) is 1.77. The van der Waals surface area contributed by atoms with E-state index in [0.29, 0.717) is 5.82 Å². The highest BCUT2D eigenvalue weighted by molar-refractivity contribution is 5.93. The Morgan fingerprint density at radius 2 is 2.31 bits per heavy atom. The van der Waals surface area contributed by atoms with Gasteiger partial charge in [0.1, 0.15) is 5.82 Å². The van der Waals surface area contributed by atoms with E-state index in [4.69, 9.17) is 5.11 Å². The number of aromatic amines is 1. The van der Waals surface area contributed by atoms with Crippen LogP contribution in [0.4, 0.5) is 0 Å². The first-order valence-corrected chi connectivity index (χ1v) is 4.47. The van der Waals surface area contributed by atoms with Crippen LogP contribution in [0.2, 0.25) is 0 Å². The summed E-state index contributed by atoms with van der Waals surface area (Å²) in [6.07, 6.45) is 0. The molecule has 1 rings (SSSR count). The number of methoxy groups -OCH3 is 1. The standard InChI is InChI=1S/C8H12N4O4/c1-4-9-6(12-11-4)7(14)10-5(3-13)8(15)16-2/h5,13H,3H2,1-2H3,(H,10,14)(H,9,11,12). The number of amides is 1. The summed E-state index contributed by atoms with van der Waals surface area (Å²) in [7, 11) is 1.16. The number of nitrogens with zero attached hydrogens (tertiary/aromatic N) is 2. The van der Waals surface area contributed by atoms with E-state index < -0.39 is 24.5 Å². The number of aryl methyl sites for hydroxylation is 1. The zero-order valence-electron chi connectivity index (χ0n) is 8.85. The molecule has 0 aliphatic rings. The van der Waals surface area contributed by atoms with Crippen molar-refractivity contribution >= 4 is 11.9 Å². The second-order valence-corrected chi connectivity index (χ2v) is 2.98. The van der Waals surface area contributed by atoms with Crippen molar-refractivity contribution in [2.75, 3.05) is 13.7 Å². The van der Waals surface area contributed by atoms with Gasteiger partial charge in [0.05, 0.1) is 13.7 Å². The van der Waals surface area contributed by atoms with Crippen molar-refractivity contribution in [1.82, 2.24) is 20.5 Å². The van der Waals surface area contributed by atoms with E-state index in [1.807, 2.05) is 0 Å². The lowest BCUT2D eigenvalue weighted by Crippen LogP contribution is -2.44. The molecule has 16 heavy (non-hydrogen) atoms. The highest BCUT2D eigenvalue weighted by atomic mass is 16.5. The van der Waals surface area contributed by atoms with Gasteiger partial charge in [-0.15, -0.1) is 5.10 Å². The molecule has 1 amide bonds. The molecule has 1 aromatic rings. The molecule has 0 bridgehead atoms. The third-order valence-electron chi connectivity index (χ3n) is 1.77. The molecule has 0 aliphatic heterocycles. The second kappa shape index (κ2) is 5.21. The number of nitrogens with one attached hydrogen (secondary N) is 2. The first-order chi connectivity index (χ1) is 7.58. The molecule has 0 spiro atoms. The minimum atomic E-state index is -1.11. The van der Waals surface area contributed by atoms with Crippen LogP contribution in [0.25, 0.3) is 0 Å². The molecular weight excluding hydrogens is 216 g/mol. The van der Waals surface area contributed by atoms with Gasteiger partial charge in [-0.3, -0.25) is 9.89 Å². The van der Waals surface area contributed by atoms with Crippen LogP contribution in [0, 0.1) is 6.92 Å². The van der Waals surface area contributed by atoms with E-state index in [2.05, 4.69) is 25.2 Å². The summed E-state index contributed by atoms with van der Waals surface area (Å²) in [5.74, 6) is -1.01. The molecule has 88 valence electrons. The topological polar surface area (TPSA) is 117 Å². The summed E-state index contributed by atoms with van der Waals surface area (Å²) < 4.78 is 4.38. The van der Waals surface area contributed by atoms with Crippen molar-refractivity contribution in [3.63, 3.8) is 0 Å². The highest BCUT2D eigenvalue weighted by Gasteiger charge is 2.22. The van der Waals surface area contributed by atoms with Crippen molar-refractivity contribution in [3.8, 4) is 0 Å². The van der Waals surface area contributed by atoms with Gasteiger partial charge >= 0.3 is 5.97 Å². The fraction of sp³-hybridized carbons (Fsp3) is 0.500. The van der Waals surface area contributed by atoms with Gasteiger partial charge in [0.2, 0.25) is 5.82 Å². The number of aliphatic hydroxyl groups is 1. The summed E-state index contributed by atoms with van der Waals surface area (Å²) >= 11 is 0. The van der Waals surface area contributed by atoms with Crippen LogP contribution >= 0.6 is 0 Å². The zero-order chi connectivity index (χ0) is 12.1. The van der Waals surface area contributed by atoms with Crippen LogP contribution in [0.15, 0.2) is 0 Å². The Kier molecular flexibility index (Phi) is 3.95. The Morgan fingerprint density at radius 3 is 2.75 bits per heavy atom. The molecule has 0 fully saturated rings. The first kappa shape index (κ1) is 12.1. The Labute approximate surface area is 91.0 Å². The molecule has 3 N–H and O–H groups in total. The molecule has 1 heterocycles. The van der Waals surface area contributed by atoms with Gasteiger partial charge in [0.15, 0.2) is 6.04 Å². The van der Waals surface area contributed by atoms with Crippen LogP contribution in [-0.4, -0.2) is 51.9 Å². The lowest BCUT2D eigenvalue weighted by molar-refractivity contribution is -0.143. The van der Waals surface area contributed by atoms with Crippen LogP contribution in [0.5, 0.6) is 0 Å². The minimum absolute atomic E-state index is 0.0974. The number of carbonyl (C=O) groups is 2. The number of ether oxygens (including phenoxy) is 1. The van der Waals surface area contributed by atoms with E-state index in [1.165, 1.54) is 0 Å². The molecule has 0 saturated heterocycles. The lowest BCUT2D eigenvalue weighted by atomic mass is 10.3. The van der Waals surface area contributed by atoms with Crippen LogP contribution < -0.4 is 5.32 Å². The Hall–Kier alpha value is -1.96.